The highest BCUT2D eigenvalue weighted by atomic mass is 16.5. The second-order valence-electron chi connectivity index (χ2n) is 2.60. The minimum atomic E-state index is -1.09. The molecule has 0 amide bonds. The molecule has 0 aliphatic rings. The molecule has 0 fully saturated rings. The minimum absolute atomic E-state index is 0.245. The zero-order chi connectivity index (χ0) is 10.6. The van der Waals surface area contributed by atoms with Crippen LogP contribution >= 0.6 is 0 Å². The summed E-state index contributed by atoms with van der Waals surface area (Å²) in [4.78, 5) is 21.2. The van der Waals surface area contributed by atoms with E-state index in [-0.39, 0.29) is 11.3 Å². The predicted molar refractivity (Wildman–Crippen MR) is 49.3 cm³/mol. The first-order valence-electron chi connectivity index (χ1n) is 3.91. The fourth-order valence-electron chi connectivity index (χ4n) is 0.962. The standard InChI is InChI=1S/C10H9O4/c1-7(11)8-4-2-3-5-9(8)14-6-10(12)13/h2-5H,1,6H2,(H,12,13). The Morgan fingerprint density at radius 3 is 2.57 bits per heavy atom. The van der Waals surface area contributed by atoms with E-state index in [4.69, 9.17) is 9.84 Å². The highest BCUT2D eigenvalue weighted by Gasteiger charge is 2.08. The molecule has 14 heavy (non-hydrogen) atoms. The third-order valence-electron chi connectivity index (χ3n) is 1.54. The van der Waals surface area contributed by atoms with E-state index in [0.29, 0.717) is 0 Å². The third-order valence-corrected chi connectivity index (χ3v) is 1.54. The van der Waals surface area contributed by atoms with Crippen LogP contribution in [0, 0.1) is 6.92 Å². The van der Waals surface area contributed by atoms with E-state index in [0.717, 1.165) is 0 Å². The molecule has 0 spiro atoms. The topological polar surface area (TPSA) is 63.6 Å². The molecule has 1 aromatic rings. The predicted octanol–water partition coefficient (Wildman–Crippen LogP) is 1.17. The highest BCUT2D eigenvalue weighted by Crippen LogP contribution is 2.17. The summed E-state index contributed by atoms with van der Waals surface area (Å²) in [5.41, 5.74) is 0.286. The largest absolute Gasteiger partial charge is 0.481 e. The molecule has 0 atom stereocenters. The quantitative estimate of drug-likeness (QED) is 0.729. The summed E-state index contributed by atoms with van der Waals surface area (Å²) >= 11 is 0. The molecule has 1 N–H and O–H groups in total. The molecule has 0 bridgehead atoms. The summed E-state index contributed by atoms with van der Waals surface area (Å²) in [5, 5.41) is 8.38. The van der Waals surface area contributed by atoms with Gasteiger partial charge in [-0.05, 0) is 12.1 Å². The zero-order valence-corrected chi connectivity index (χ0v) is 7.40. The number of rotatable bonds is 4. The van der Waals surface area contributed by atoms with E-state index in [1.807, 2.05) is 0 Å². The molecule has 0 aromatic heterocycles. The summed E-state index contributed by atoms with van der Waals surface area (Å²) in [7, 11) is 0. The molecule has 0 saturated heterocycles. The van der Waals surface area contributed by atoms with Gasteiger partial charge in [0.05, 0.1) is 5.56 Å². The average molecular weight is 193 g/mol. The summed E-state index contributed by atoms with van der Waals surface area (Å²) in [6.45, 7) is 2.76. The van der Waals surface area contributed by atoms with E-state index in [2.05, 4.69) is 6.92 Å². The Bertz CT molecular complexity index is 357. The first-order valence-corrected chi connectivity index (χ1v) is 3.91. The number of Topliss-reactive ketones (excluding diaryl/α,β-unsaturated/α-hetero) is 1. The van der Waals surface area contributed by atoms with E-state index in [9.17, 15) is 9.59 Å². The van der Waals surface area contributed by atoms with Gasteiger partial charge < -0.3 is 9.84 Å². The molecule has 1 aromatic carbocycles. The maximum atomic E-state index is 11.0. The molecule has 0 heterocycles. The number of benzene rings is 1. The number of ketones is 1. The molecule has 1 radical (unpaired) electrons. The van der Waals surface area contributed by atoms with Crippen molar-refractivity contribution in [3.05, 3.63) is 36.8 Å². The number of carbonyl (C=O) groups excluding carboxylic acids is 1. The summed E-state index contributed by atoms with van der Waals surface area (Å²) in [6.07, 6.45) is 0. The van der Waals surface area contributed by atoms with Crippen molar-refractivity contribution < 1.29 is 19.4 Å². The molecule has 4 nitrogen and oxygen atoms in total. The van der Waals surface area contributed by atoms with Crippen LogP contribution < -0.4 is 4.74 Å². The van der Waals surface area contributed by atoms with Crippen LogP contribution in [-0.2, 0) is 4.79 Å². The van der Waals surface area contributed by atoms with Crippen LogP contribution in [0.3, 0.4) is 0 Å². The van der Waals surface area contributed by atoms with Crippen LogP contribution in [0.15, 0.2) is 24.3 Å². The number of hydrogen-bond acceptors (Lipinski definition) is 3. The van der Waals surface area contributed by atoms with Gasteiger partial charge in [0.15, 0.2) is 12.4 Å². The lowest BCUT2D eigenvalue weighted by atomic mass is 10.1. The Kier molecular flexibility index (Phi) is 3.23. The second kappa shape index (κ2) is 4.41. The Balaban J connectivity index is 2.84. The van der Waals surface area contributed by atoms with E-state index < -0.39 is 18.4 Å². The SMILES string of the molecule is [CH2]C(=O)c1ccccc1OCC(=O)O. The molecule has 1 rings (SSSR count). The van der Waals surface area contributed by atoms with Crippen molar-refractivity contribution in [2.24, 2.45) is 0 Å². The highest BCUT2D eigenvalue weighted by molar-refractivity contribution is 6.01. The minimum Gasteiger partial charge on any atom is -0.481 e. The number of para-hydroxylation sites is 1. The van der Waals surface area contributed by atoms with Crippen LogP contribution in [0.2, 0.25) is 0 Å². The fraction of sp³-hybridized carbons (Fsp3) is 0.100. The Labute approximate surface area is 81.1 Å². The summed E-state index contributed by atoms with van der Waals surface area (Å²) in [5.74, 6) is -1.24. The third kappa shape index (κ3) is 2.58. The normalized spacial score (nSPS) is 9.50. The molecule has 0 saturated carbocycles. The first kappa shape index (κ1) is 10.2. The lowest BCUT2D eigenvalue weighted by Gasteiger charge is -2.06. The van der Waals surface area contributed by atoms with Crippen molar-refractivity contribution >= 4 is 11.8 Å². The number of carboxylic acid groups (broad SMARTS) is 1. The van der Waals surface area contributed by atoms with Gasteiger partial charge in [0, 0.05) is 6.92 Å². The molecule has 0 unspecified atom stereocenters. The Morgan fingerprint density at radius 1 is 1.36 bits per heavy atom. The number of carboxylic acids is 1. The van der Waals surface area contributed by atoms with E-state index in [1.54, 1.807) is 12.1 Å². The maximum Gasteiger partial charge on any atom is 0.341 e. The van der Waals surface area contributed by atoms with E-state index in [1.165, 1.54) is 12.1 Å². The van der Waals surface area contributed by atoms with Crippen LogP contribution in [0.25, 0.3) is 0 Å². The van der Waals surface area contributed by atoms with Gasteiger partial charge in [0.25, 0.3) is 0 Å². The van der Waals surface area contributed by atoms with Crippen LogP contribution in [0.5, 0.6) is 5.75 Å². The van der Waals surface area contributed by atoms with Gasteiger partial charge in [-0.15, -0.1) is 0 Å². The number of aliphatic carboxylic acids is 1. The van der Waals surface area contributed by atoms with Gasteiger partial charge in [0.2, 0.25) is 0 Å². The molecule has 4 heteroatoms. The molecular formula is C10H9O4. The maximum absolute atomic E-state index is 11.0. The van der Waals surface area contributed by atoms with Gasteiger partial charge >= 0.3 is 5.97 Å². The van der Waals surface area contributed by atoms with E-state index >= 15 is 0 Å². The van der Waals surface area contributed by atoms with Gasteiger partial charge in [-0.25, -0.2) is 4.79 Å². The Morgan fingerprint density at radius 2 is 2.00 bits per heavy atom. The van der Waals surface area contributed by atoms with Crippen molar-refractivity contribution in [1.82, 2.24) is 0 Å². The van der Waals surface area contributed by atoms with Gasteiger partial charge in [0.1, 0.15) is 5.75 Å². The van der Waals surface area contributed by atoms with Gasteiger partial charge in [-0.2, -0.15) is 0 Å². The molecule has 0 aliphatic carbocycles. The second-order valence-corrected chi connectivity index (χ2v) is 2.60. The van der Waals surface area contributed by atoms with Crippen LogP contribution in [0.4, 0.5) is 0 Å². The van der Waals surface area contributed by atoms with Crippen molar-refractivity contribution in [2.75, 3.05) is 6.61 Å². The Hall–Kier alpha value is -1.84. The smallest absolute Gasteiger partial charge is 0.341 e. The lowest BCUT2D eigenvalue weighted by molar-refractivity contribution is -0.139. The van der Waals surface area contributed by atoms with Crippen LogP contribution in [0.1, 0.15) is 10.4 Å². The summed E-state index contributed by atoms with van der Waals surface area (Å²) < 4.78 is 4.90. The number of carbonyl (C=O) groups is 2. The average Bonchev–Trinajstić information content (AvgIpc) is 2.15. The molecular weight excluding hydrogens is 184 g/mol. The summed E-state index contributed by atoms with van der Waals surface area (Å²) in [6, 6.07) is 6.38. The van der Waals surface area contributed by atoms with Gasteiger partial charge in [-0.1, -0.05) is 12.1 Å². The van der Waals surface area contributed by atoms with Crippen molar-refractivity contribution in [3.63, 3.8) is 0 Å². The van der Waals surface area contributed by atoms with Crippen molar-refractivity contribution in [2.45, 2.75) is 0 Å². The monoisotopic (exact) mass is 193 g/mol. The van der Waals surface area contributed by atoms with Crippen LogP contribution in [-0.4, -0.2) is 23.5 Å². The fourth-order valence-corrected chi connectivity index (χ4v) is 0.962. The first-order chi connectivity index (χ1) is 6.61. The number of ether oxygens (including phenoxy) is 1. The zero-order valence-electron chi connectivity index (χ0n) is 7.40. The number of hydrogen-bond donors (Lipinski definition) is 1. The van der Waals surface area contributed by atoms with Crippen molar-refractivity contribution in [3.8, 4) is 5.75 Å². The molecule has 0 aliphatic heterocycles. The van der Waals surface area contributed by atoms with Crippen molar-refractivity contribution in [1.29, 1.82) is 0 Å². The lowest BCUT2D eigenvalue weighted by Crippen LogP contribution is -2.11. The van der Waals surface area contributed by atoms with Gasteiger partial charge in [-0.3, -0.25) is 4.79 Å². The molecule has 73 valence electrons.